The molecule has 0 radical (unpaired) electrons. The van der Waals surface area contributed by atoms with E-state index in [1.807, 2.05) is 0 Å². The van der Waals surface area contributed by atoms with Crippen molar-refractivity contribution in [3.8, 4) is 17.6 Å². The molecule has 0 aliphatic rings. The number of nitrogens with zero attached hydrogens (tertiary/aromatic N) is 2. The molecular formula is C15H13N3O5S. The van der Waals surface area contributed by atoms with Gasteiger partial charge in [0.15, 0.2) is 0 Å². The zero-order chi connectivity index (χ0) is 17.4. The average Bonchev–Trinajstić information content (AvgIpc) is 2.59. The molecule has 9 heteroatoms. The molecule has 1 aromatic carbocycles. The lowest BCUT2D eigenvalue weighted by Crippen LogP contribution is -2.24. The first-order valence-electron chi connectivity index (χ1n) is 6.72. The van der Waals surface area contributed by atoms with Gasteiger partial charge in [-0.05, 0) is 24.3 Å². The van der Waals surface area contributed by atoms with Crippen molar-refractivity contribution in [2.24, 2.45) is 0 Å². The van der Waals surface area contributed by atoms with Crippen molar-refractivity contribution < 1.29 is 18.1 Å². The van der Waals surface area contributed by atoms with Gasteiger partial charge in [-0.3, -0.25) is 15.1 Å². The van der Waals surface area contributed by atoms with Crippen LogP contribution >= 0.6 is 0 Å². The van der Waals surface area contributed by atoms with Crippen LogP contribution in [0.15, 0.2) is 53.7 Å². The Morgan fingerprint density at radius 3 is 2.58 bits per heavy atom. The smallest absolute Gasteiger partial charge is 0.269 e. The van der Waals surface area contributed by atoms with Gasteiger partial charge in [0, 0.05) is 18.3 Å². The Morgan fingerprint density at radius 2 is 1.96 bits per heavy atom. The molecule has 0 amide bonds. The fourth-order valence-electron chi connectivity index (χ4n) is 1.63. The molecule has 8 nitrogen and oxygen atoms in total. The summed E-state index contributed by atoms with van der Waals surface area (Å²) in [5, 5.41) is 10.5. The number of sulfonamides is 1. The predicted molar refractivity (Wildman–Crippen MR) is 85.8 cm³/mol. The SMILES string of the molecule is O=[N+]([O-])c1ccc(S(=O)(=O)NCC#CCOc2cccnc2)cc1. The molecule has 1 aromatic heterocycles. The van der Waals surface area contributed by atoms with Crippen LogP contribution in [-0.2, 0) is 10.0 Å². The molecule has 0 atom stereocenters. The molecule has 124 valence electrons. The van der Waals surface area contributed by atoms with Crippen molar-refractivity contribution >= 4 is 15.7 Å². The number of non-ortho nitro benzene ring substituents is 1. The molecule has 1 N–H and O–H groups in total. The third-order valence-electron chi connectivity index (χ3n) is 2.78. The Hall–Kier alpha value is -2.96. The van der Waals surface area contributed by atoms with Gasteiger partial charge in [-0.1, -0.05) is 11.8 Å². The molecule has 1 heterocycles. The summed E-state index contributed by atoms with van der Waals surface area (Å²) in [6.45, 7) is 0.000668. The summed E-state index contributed by atoms with van der Waals surface area (Å²) in [4.78, 5) is 13.8. The molecule has 0 saturated carbocycles. The Kier molecular flexibility index (Phi) is 5.83. The Morgan fingerprint density at radius 1 is 1.21 bits per heavy atom. The number of hydrogen-bond donors (Lipinski definition) is 1. The third kappa shape index (κ3) is 5.05. The number of hydrogen-bond acceptors (Lipinski definition) is 6. The normalized spacial score (nSPS) is 10.5. The number of aromatic nitrogens is 1. The van der Waals surface area contributed by atoms with E-state index < -0.39 is 14.9 Å². The molecule has 0 aliphatic carbocycles. The second-order valence-corrected chi connectivity index (χ2v) is 6.17. The zero-order valence-electron chi connectivity index (χ0n) is 12.4. The van der Waals surface area contributed by atoms with Gasteiger partial charge >= 0.3 is 0 Å². The maximum Gasteiger partial charge on any atom is 0.269 e. The molecule has 0 aliphatic heterocycles. The molecule has 24 heavy (non-hydrogen) atoms. The predicted octanol–water partition coefficient (Wildman–Crippen LogP) is 1.35. The van der Waals surface area contributed by atoms with E-state index >= 15 is 0 Å². The largest absolute Gasteiger partial charge is 0.479 e. The second kappa shape index (κ2) is 8.05. The molecule has 0 fully saturated rings. The maximum atomic E-state index is 12.0. The van der Waals surface area contributed by atoms with Gasteiger partial charge in [0.25, 0.3) is 5.69 Å². The van der Waals surface area contributed by atoms with Crippen molar-refractivity contribution in [3.05, 3.63) is 58.9 Å². The molecule has 2 rings (SSSR count). The summed E-state index contributed by atoms with van der Waals surface area (Å²) in [5.74, 6) is 5.85. The van der Waals surface area contributed by atoms with E-state index in [4.69, 9.17) is 4.74 Å². The highest BCUT2D eigenvalue weighted by molar-refractivity contribution is 7.89. The molecule has 0 bridgehead atoms. The van der Waals surface area contributed by atoms with E-state index in [0.29, 0.717) is 5.75 Å². The van der Waals surface area contributed by atoms with Gasteiger partial charge in [-0.15, -0.1) is 0 Å². The summed E-state index contributed by atoms with van der Waals surface area (Å²) >= 11 is 0. The van der Waals surface area contributed by atoms with Gasteiger partial charge in [-0.2, -0.15) is 4.72 Å². The van der Waals surface area contributed by atoms with Crippen LogP contribution in [0.25, 0.3) is 0 Å². The monoisotopic (exact) mass is 347 g/mol. The van der Waals surface area contributed by atoms with Gasteiger partial charge in [0.1, 0.15) is 12.4 Å². The van der Waals surface area contributed by atoms with Crippen molar-refractivity contribution in [3.63, 3.8) is 0 Å². The molecule has 2 aromatic rings. The van der Waals surface area contributed by atoms with E-state index in [1.54, 1.807) is 24.5 Å². The Balaban J connectivity index is 1.85. The minimum Gasteiger partial charge on any atom is -0.479 e. The minimum absolute atomic E-state index is 0.0680. The van der Waals surface area contributed by atoms with E-state index in [9.17, 15) is 18.5 Å². The van der Waals surface area contributed by atoms with E-state index in [0.717, 1.165) is 12.1 Å². The summed E-state index contributed by atoms with van der Waals surface area (Å²) in [6, 6.07) is 8.04. The topological polar surface area (TPSA) is 111 Å². The first kappa shape index (κ1) is 17.4. The summed E-state index contributed by atoms with van der Waals surface area (Å²) in [7, 11) is -3.77. The van der Waals surface area contributed by atoms with Gasteiger partial charge in [0.2, 0.25) is 10.0 Å². The van der Waals surface area contributed by atoms with E-state index in [1.165, 1.54) is 12.1 Å². The van der Waals surface area contributed by atoms with Crippen LogP contribution in [-0.4, -0.2) is 31.5 Å². The lowest BCUT2D eigenvalue weighted by atomic mass is 10.3. The van der Waals surface area contributed by atoms with Crippen molar-refractivity contribution in [2.45, 2.75) is 4.90 Å². The molecule has 0 saturated heterocycles. The van der Waals surface area contributed by atoms with E-state index in [-0.39, 0.29) is 23.7 Å². The van der Waals surface area contributed by atoms with Gasteiger partial charge in [0.05, 0.1) is 22.6 Å². The van der Waals surface area contributed by atoms with Crippen molar-refractivity contribution in [1.82, 2.24) is 9.71 Å². The third-order valence-corrected chi connectivity index (χ3v) is 4.20. The zero-order valence-corrected chi connectivity index (χ0v) is 13.2. The van der Waals surface area contributed by atoms with Crippen molar-refractivity contribution in [2.75, 3.05) is 13.2 Å². The summed E-state index contributed by atoms with van der Waals surface area (Å²) in [6.07, 6.45) is 3.16. The first-order valence-corrected chi connectivity index (χ1v) is 8.20. The number of nitrogens with one attached hydrogen (secondary N) is 1. The van der Waals surface area contributed by atoms with E-state index in [2.05, 4.69) is 21.5 Å². The maximum absolute atomic E-state index is 12.0. The standard InChI is InChI=1S/C15H13N3O5S/c19-18(20)13-5-7-15(8-6-13)24(21,22)17-10-1-2-11-23-14-4-3-9-16-12-14/h3-9,12,17H,10-11H2. The number of rotatable bonds is 6. The highest BCUT2D eigenvalue weighted by Crippen LogP contribution is 2.15. The molecular weight excluding hydrogens is 334 g/mol. The van der Waals surface area contributed by atoms with Crippen LogP contribution in [0.4, 0.5) is 5.69 Å². The lowest BCUT2D eigenvalue weighted by molar-refractivity contribution is -0.384. The van der Waals surface area contributed by atoms with Crippen LogP contribution in [0, 0.1) is 22.0 Å². The fraction of sp³-hybridized carbons (Fsp3) is 0.133. The quantitative estimate of drug-likeness (QED) is 0.480. The highest BCUT2D eigenvalue weighted by Gasteiger charge is 2.14. The van der Waals surface area contributed by atoms with Crippen LogP contribution in [0.2, 0.25) is 0 Å². The highest BCUT2D eigenvalue weighted by atomic mass is 32.2. The summed E-state index contributed by atoms with van der Waals surface area (Å²) < 4.78 is 31.5. The van der Waals surface area contributed by atoms with Crippen LogP contribution in [0.1, 0.15) is 0 Å². The first-order chi connectivity index (χ1) is 11.5. The van der Waals surface area contributed by atoms with Crippen LogP contribution in [0.3, 0.4) is 0 Å². The molecule has 0 unspecified atom stereocenters. The average molecular weight is 347 g/mol. The second-order valence-electron chi connectivity index (χ2n) is 4.41. The minimum atomic E-state index is -3.77. The van der Waals surface area contributed by atoms with Crippen LogP contribution < -0.4 is 9.46 Å². The van der Waals surface area contributed by atoms with Crippen LogP contribution in [0.5, 0.6) is 5.75 Å². The number of benzene rings is 1. The van der Waals surface area contributed by atoms with Crippen molar-refractivity contribution in [1.29, 1.82) is 0 Å². The summed E-state index contributed by atoms with van der Waals surface area (Å²) in [5.41, 5.74) is -0.179. The lowest BCUT2D eigenvalue weighted by Gasteiger charge is -2.03. The Bertz CT molecular complexity index is 855. The molecule has 0 spiro atoms. The fourth-order valence-corrected chi connectivity index (χ4v) is 2.55. The number of nitro groups is 1. The Labute approximate surface area is 138 Å². The van der Waals surface area contributed by atoms with Gasteiger partial charge < -0.3 is 4.74 Å². The number of nitro benzene ring substituents is 1. The number of ether oxygens (including phenoxy) is 1. The number of pyridine rings is 1. The van der Waals surface area contributed by atoms with Gasteiger partial charge in [-0.25, -0.2) is 8.42 Å².